The first-order valence-corrected chi connectivity index (χ1v) is 2.33. The van der Waals surface area contributed by atoms with Gasteiger partial charge in [0.2, 0.25) is 0 Å². The molecule has 0 saturated heterocycles. The van der Waals surface area contributed by atoms with Gasteiger partial charge in [-0.1, -0.05) is 0 Å². The van der Waals surface area contributed by atoms with Gasteiger partial charge in [-0.3, -0.25) is 0 Å². The molecule has 0 fully saturated rings. The Labute approximate surface area is 55.3 Å². The number of aromatic nitrogens is 2. The average Bonchev–Trinajstić information content (AvgIpc) is 2.34. The van der Waals surface area contributed by atoms with Crippen molar-refractivity contribution < 1.29 is 4.92 Å². The summed E-state index contributed by atoms with van der Waals surface area (Å²) in [7, 11) is 0. The molecule has 6 heteroatoms. The lowest BCUT2D eigenvalue weighted by atomic mass is 10.7. The summed E-state index contributed by atoms with van der Waals surface area (Å²) in [6.07, 6.45) is 0.999. The summed E-state index contributed by atoms with van der Waals surface area (Å²) in [5, 5.41) is 18.1. The summed E-state index contributed by atoms with van der Waals surface area (Å²) in [5.74, 6) is -0.316. The largest absolute Gasteiger partial charge is 0.358 e. The van der Waals surface area contributed by atoms with Gasteiger partial charge < -0.3 is 10.1 Å². The molecule has 0 bridgehead atoms. The Balaban J connectivity index is 3.02. The Morgan fingerprint density at radius 2 is 2.60 bits per heavy atom. The minimum absolute atomic E-state index is 0.0494. The molecule has 0 aliphatic carbocycles. The average molecular weight is 138 g/mol. The van der Waals surface area contributed by atoms with Gasteiger partial charge in [0.25, 0.3) is 5.82 Å². The topological polar surface area (TPSA) is 95.6 Å². The molecule has 0 aliphatic rings. The van der Waals surface area contributed by atoms with Gasteiger partial charge in [-0.15, -0.1) is 0 Å². The molecule has 0 atom stereocenters. The highest BCUT2D eigenvalue weighted by molar-refractivity contribution is 5.21. The van der Waals surface area contributed by atoms with Crippen LogP contribution >= 0.6 is 0 Å². The zero-order valence-electron chi connectivity index (χ0n) is 4.74. The number of nitro groups is 1. The fourth-order valence-corrected chi connectivity index (χ4v) is 0.461. The smallest absolute Gasteiger partial charge is 0.341 e. The quantitative estimate of drug-likeness (QED) is 0.442. The molecule has 0 amide bonds. The molecule has 1 heterocycles. The molecule has 10 heavy (non-hydrogen) atoms. The fraction of sp³-hybridized carbons (Fsp3) is 0. The Kier molecular flexibility index (Phi) is 1.33. The fourth-order valence-electron chi connectivity index (χ4n) is 0.461. The maximum Gasteiger partial charge on any atom is 0.341 e. The number of nitrogens with one attached hydrogen (secondary N) is 1. The maximum atomic E-state index is 9.96. The van der Waals surface area contributed by atoms with Crippen molar-refractivity contribution in [3.63, 3.8) is 0 Å². The highest BCUT2D eigenvalue weighted by Gasteiger charge is 2.07. The van der Waals surface area contributed by atoms with Crippen molar-refractivity contribution in [2.75, 3.05) is 0 Å². The third-order valence-corrected chi connectivity index (χ3v) is 0.865. The van der Waals surface area contributed by atoms with Gasteiger partial charge in [0.15, 0.2) is 6.07 Å². The van der Waals surface area contributed by atoms with E-state index in [-0.39, 0.29) is 11.6 Å². The number of rotatable bonds is 1. The molecule has 0 spiro atoms. The second-order valence-electron chi connectivity index (χ2n) is 1.49. The molecule has 50 valence electrons. The first kappa shape index (κ1) is 6.22. The summed E-state index contributed by atoms with van der Waals surface area (Å²) in [6.45, 7) is 0. The monoisotopic (exact) mass is 138 g/mol. The normalized spacial score (nSPS) is 8.70. The summed E-state index contributed by atoms with van der Waals surface area (Å²) < 4.78 is 0. The van der Waals surface area contributed by atoms with Crippen LogP contribution in [0, 0.1) is 21.4 Å². The maximum absolute atomic E-state index is 9.96. The van der Waals surface area contributed by atoms with E-state index < -0.39 is 4.92 Å². The van der Waals surface area contributed by atoms with E-state index in [0.717, 1.165) is 6.20 Å². The number of hydrogen-bond acceptors (Lipinski definition) is 4. The third-order valence-electron chi connectivity index (χ3n) is 0.865. The molecule has 0 aromatic carbocycles. The Morgan fingerprint density at radius 1 is 1.90 bits per heavy atom. The Bertz CT molecular complexity index is 296. The van der Waals surface area contributed by atoms with Crippen LogP contribution in [0.3, 0.4) is 0 Å². The van der Waals surface area contributed by atoms with Crippen LogP contribution in [-0.2, 0) is 0 Å². The first-order valence-electron chi connectivity index (χ1n) is 2.33. The highest BCUT2D eigenvalue weighted by Crippen LogP contribution is 2.04. The van der Waals surface area contributed by atoms with Crippen molar-refractivity contribution in [1.82, 2.24) is 9.97 Å². The Hall–Kier alpha value is -1.90. The van der Waals surface area contributed by atoms with Crippen molar-refractivity contribution in [1.29, 1.82) is 5.26 Å². The van der Waals surface area contributed by atoms with Crippen molar-refractivity contribution in [3.05, 3.63) is 22.1 Å². The molecular weight excluding hydrogens is 136 g/mol. The second-order valence-corrected chi connectivity index (χ2v) is 1.49. The Morgan fingerprint density at radius 3 is 2.90 bits per heavy atom. The number of nitrogens with zero attached hydrogens (tertiary/aromatic N) is 3. The second kappa shape index (κ2) is 2.14. The SMILES string of the molecule is N#Cc1ncc([N+](=O)[O-])[nH]1. The van der Waals surface area contributed by atoms with Crippen LogP contribution in [0.15, 0.2) is 6.20 Å². The van der Waals surface area contributed by atoms with Crippen LogP contribution in [-0.4, -0.2) is 14.9 Å². The molecular formula is C4H2N4O2. The van der Waals surface area contributed by atoms with E-state index in [9.17, 15) is 10.1 Å². The van der Waals surface area contributed by atoms with Gasteiger partial charge in [0, 0.05) is 0 Å². The molecule has 1 aromatic rings. The summed E-state index contributed by atoms with van der Waals surface area (Å²) in [6, 6.07) is 1.63. The lowest BCUT2D eigenvalue weighted by molar-refractivity contribution is -0.389. The van der Waals surface area contributed by atoms with E-state index in [1.54, 1.807) is 6.07 Å². The van der Waals surface area contributed by atoms with Crippen LogP contribution in [0.25, 0.3) is 0 Å². The molecule has 0 unspecified atom stereocenters. The van der Waals surface area contributed by atoms with Gasteiger partial charge >= 0.3 is 5.82 Å². The summed E-state index contributed by atoms with van der Waals surface area (Å²) in [5.41, 5.74) is 0. The van der Waals surface area contributed by atoms with Crippen molar-refractivity contribution in [2.45, 2.75) is 0 Å². The third kappa shape index (κ3) is 0.925. The molecule has 1 aromatic heterocycles. The molecule has 0 saturated carbocycles. The number of hydrogen-bond donors (Lipinski definition) is 1. The number of aromatic amines is 1. The molecule has 1 N–H and O–H groups in total. The summed E-state index contributed by atoms with van der Waals surface area (Å²) in [4.78, 5) is 14.9. The zero-order valence-corrected chi connectivity index (χ0v) is 4.74. The lowest BCUT2D eigenvalue weighted by Gasteiger charge is -1.83. The first-order chi connectivity index (χ1) is 4.74. The number of nitriles is 1. The van der Waals surface area contributed by atoms with Gasteiger partial charge in [-0.05, 0) is 4.92 Å². The van der Waals surface area contributed by atoms with Crippen molar-refractivity contribution in [3.8, 4) is 6.07 Å². The highest BCUT2D eigenvalue weighted by atomic mass is 16.6. The zero-order chi connectivity index (χ0) is 7.56. The molecule has 0 radical (unpaired) electrons. The van der Waals surface area contributed by atoms with Gasteiger partial charge in [-0.25, -0.2) is 4.98 Å². The van der Waals surface area contributed by atoms with Gasteiger partial charge in [0.1, 0.15) is 6.20 Å². The van der Waals surface area contributed by atoms with Crippen molar-refractivity contribution >= 4 is 5.82 Å². The van der Waals surface area contributed by atoms with E-state index >= 15 is 0 Å². The molecule has 0 aliphatic heterocycles. The van der Waals surface area contributed by atoms with Crippen LogP contribution in [0.4, 0.5) is 5.82 Å². The number of imidazole rings is 1. The standard InChI is InChI=1S/C4H2N4O2/c5-1-3-6-2-4(7-3)8(9)10/h2H,(H,6,7). The van der Waals surface area contributed by atoms with E-state index in [0.29, 0.717) is 0 Å². The van der Waals surface area contributed by atoms with Crippen LogP contribution < -0.4 is 0 Å². The van der Waals surface area contributed by atoms with Crippen molar-refractivity contribution in [2.24, 2.45) is 0 Å². The lowest BCUT2D eigenvalue weighted by Crippen LogP contribution is -1.86. The van der Waals surface area contributed by atoms with Gasteiger partial charge in [0.05, 0.1) is 0 Å². The van der Waals surface area contributed by atoms with E-state index in [4.69, 9.17) is 5.26 Å². The predicted molar refractivity (Wildman–Crippen MR) is 30.0 cm³/mol. The molecule has 6 nitrogen and oxygen atoms in total. The van der Waals surface area contributed by atoms with Crippen LogP contribution in [0.2, 0.25) is 0 Å². The number of H-pyrrole nitrogens is 1. The predicted octanol–water partition coefficient (Wildman–Crippen LogP) is 0.190. The van der Waals surface area contributed by atoms with E-state index in [2.05, 4.69) is 9.97 Å². The van der Waals surface area contributed by atoms with E-state index in [1.165, 1.54) is 0 Å². The molecule has 1 rings (SSSR count). The van der Waals surface area contributed by atoms with Crippen LogP contribution in [0.1, 0.15) is 5.82 Å². The van der Waals surface area contributed by atoms with Crippen LogP contribution in [0.5, 0.6) is 0 Å². The van der Waals surface area contributed by atoms with Gasteiger partial charge in [-0.2, -0.15) is 10.2 Å². The minimum atomic E-state index is -0.645. The minimum Gasteiger partial charge on any atom is -0.358 e. The van der Waals surface area contributed by atoms with E-state index in [1.807, 2.05) is 0 Å². The summed E-state index contributed by atoms with van der Waals surface area (Å²) >= 11 is 0.